The normalized spacial score (nSPS) is 10.2. The smallest absolute Gasteiger partial charge is 0.124 e. The molecule has 1 rings (SSSR count). The molecule has 0 amide bonds. The Balaban J connectivity index is 2.98. The van der Waals surface area contributed by atoms with Crippen LogP contribution in [0.4, 0.5) is 5.69 Å². The maximum absolute atomic E-state index is 5.42. The Morgan fingerprint density at radius 2 is 1.94 bits per heavy atom. The lowest BCUT2D eigenvalue weighted by Gasteiger charge is -2.22. The van der Waals surface area contributed by atoms with Gasteiger partial charge in [-0.2, -0.15) is 12.6 Å². The lowest BCUT2D eigenvalue weighted by molar-refractivity contribution is 0.410. The van der Waals surface area contributed by atoms with Crippen molar-refractivity contribution in [2.75, 3.05) is 30.9 Å². The molecule has 16 heavy (non-hydrogen) atoms. The minimum absolute atomic E-state index is 0.848. The number of thiol groups is 1. The van der Waals surface area contributed by atoms with Gasteiger partial charge in [0.25, 0.3) is 0 Å². The van der Waals surface area contributed by atoms with Crippen LogP contribution in [0.15, 0.2) is 18.2 Å². The average Bonchev–Trinajstić information content (AvgIpc) is 2.32. The summed E-state index contributed by atoms with van der Waals surface area (Å²) < 4.78 is 5.42. The summed E-state index contributed by atoms with van der Waals surface area (Å²) in [6.45, 7) is 6.37. The standard InChI is InChI=1S/C13H21NOS/c1-4-14(5-2)12-7-6-11(8-9-16)13(10-12)15-3/h6-7,10,16H,4-5,8-9H2,1-3H3. The number of ether oxygens (including phenoxy) is 1. The Labute approximate surface area is 104 Å². The summed E-state index contributed by atoms with van der Waals surface area (Å²) in [5.74, 6) is 1.82. The molecular formula is C13H21NOS. The molecule has 3 heteroatoms. The molecule has 0 aliphatic rings. The zero-order chi connectivity index (χ0) is 12.0. The Kier molecular flexibility index (Phi) is 5.53. The van der Waals surface area contributed by atoms with Gasteiger partial charge < -0.3 is 9.64 Å². The summed E-state index contributed by atoms with van der Waals surface area (Å²) in [7, 11) is 1.73. The fraction of sp³-hybridized carbons (Fsp3) is 0.538. The van der Waals surface area contributed by atoms with E-state index in [1.165, 1.54) is 11.3 Å². The minimum atomic E-state index is 0.848. The van der Waals surface area contributed by atoms with Gasteiger partial charge in [-0.15, -0.1) is 0 Å². The molecule has 0 bridgehead atoms. The highest BCUT2D eigenvalue weighted by Crippen LogP contribution is 2.26. The molecule has 1 aromatic rings. The highest BCUT2D eigenvalue weighted by atomic mass is 32.1. The average molecular weight is 239 g/mol. The predicted molar refractivity (Wildman–Crippen MR) is 74.1 cm³/mol. The van der Waals surface area contributed by atoms with Gasteiger partial charge in [-0.1, -0.05) is 6.07 Å². The molecule has 0 aliphatic heterocycles. The third-order valence-electron chi connectivity index (χ3n) is 2.78. The molecule has 2 nitrogen and oxygen atoms in total. The number of nitrogens with zero attached hydrogens (tertiary/aromatic N) is 1. The van der Waals surface area contributed by atoms with Crippen LogP contribution in [0.1, 0.15) is 19.4 Å². The van der Waals surface area contributed by atoms with E-state index in [1.807, 2.05) is 0 Å². The van der Waals surface area contributed by atoms with Gasteiger partial charge in [-0.3, -0.25) is 0 Å². The molecule has 0 radical (unpaired) electrons. The van der Waals surface area contributed by atoms with Crippen LogP contribution in [-0.2, 0) is 6.42 Å². The van der Waals surface area contributed by atoms with Crippen LogP contribution in [0.5, 0.6) is 5.75 Å². The third-order valence-corrected chi connectivity index (χ3v) is 3.00. The molecule has 0 N–H and O–H groups in total. The molecule has 0 spiro atoms. The Morgan fingerprint density at radius 1 is 1.25 bits per heavy atom. The minimum Gasteiger partial charge on any atom is -0.496 e. The van der Waals surface area contributed by atoms with Gasteiger partial charge in [-0.25, -0.2) is 0 Å². The summed E-state index contributed by atoms with van der Waals surface area (Å²) in [5.41, 5.74) is 2.46. The lowest BCUT2D eigenvalue weighted by Crippen LogP contribution is -2.21. The molecule has 0 saturated carbocycles. The van der Waals surface area contributed by atoms with E-state index in [4.69, 9.17) is 4.74 Å². The first-order valence-electron chi connectivity index (χ1n) is 5.79. The van der Waals surface area contributed by atoms with E-state index in [0.29, 0.717) is 0 Å². The molecule has 90 valence electrons. The molecule has 0 heterocycles. The van der Waals surface area contributed by atoms with E-state index in [2.05, 4.69) is 49.6 Å². The fourth-order valence-electron chi connectivity index (χ4n) is 1.85. The molecule has 1 aromatic carbocycles. The van der Waals surface area contributed by atoms with E-state index in [9.17, 15) is 0 Å². The highest BCUT2D eigenvalue weighted by molar-refractivity contribution is 7.80. The molecule has 0 aromatic heterocycles. The molecule has 0 aliphatic carbocycles. The fourth-order valence-corrected chi connectivity index (χ4v) is 2.09. The van der Waals surface area contributed by atoms with Crippen LogP contribution < -0.4 is 9.64 Å². The third kappa shape index (κ3) is 3.08. The summed E-state index contributed by atoms with van der Waals surface area (Å²) in [6.07, 6.45) is 0.949. The number of benzene rings is 1. The van der Waals surface area contributed by atoms with Crippen molar-refractivity contribution in [1.29, 1.82) is 0 Å². The van der Waals surface area contributed by atoms with Gasteiger partial charge in [-0.05, 0) is 37.7 Å². The maximum atomic E-state index is 5.42. The van der Waals surface area contributed by atoms with E-state index in [0.717, 1.165) is 31.0 Å². The maximum Gasteiger partial charge on any atom is 0.124 e. The van der Waals surface area contributed by atoms with Crippen LogP contribution in [0, 0.1) is 0 Å². The molecule has 0 fully saturated rings. The van der Waals surface area contributed by atoms with Crippen molar-refractivity contribution >= 4 is 18.3 Å². The van der Waals surface area contributed by atoms with Gasteiger partial charge in [0.15, 0.2) is 0 Å². The van der Waals surface area contributed by atoms with Crippen molar-refractivity contribution in [3.63, 3.8) is 0 Å². The van der Waals surface area contributed by atoms with E-state index >= 15 is 0 Å². The molecule has 0 atom stereocenters. The van der Waals surface area contributed by atoms with Crippen LogP contribution in [0.25, 0.3) is 0 Å². The van der Waals surface area contributed by atoms with E-state index in [-0.39, 0.29) is 0 Å². The second kappa shape index (κ2) is 6.69. The number of methoxy groups -OCH3 is 1. The summed E-state index contributed by atoms with van der Waals surface area (Å²) in [4.78, 5) is 2.31. The van der Waals surface area contributed by atoms with Gasteiger partial charge in [0.2, 0.25) is 0 Å². The second-order valence-corrected chi connectivity index (χ2v) is 4.09. The number of hydrogen-bond acceptors (Lipinski definition) is 3. The van der Waals surface area contributed by atoms with Crippen molar-refractivity contribution in [3.8, 4) is 5.75 Å². The monoisotopic (exact) mass is 239 g/mol. The SMILES string of the molecule is CCN(CC)c1ccc(CCS)c(OC)c1. The van der Waals surface area contributed by atoms with Crippen LogP contribution in [0.3, 0.4) is 0 Å². The van der Waals surface area contributed by atoms with Crippen molar-refractivity contribution in [3.05, 3.63) is 23.8 Å². The van der Waals surface area contributed by atoms with Crippen molar-refractivity contribution < 1.29 is 4.74 Å². The quantitative estimate of drug-likeness (QED) is 0.766. The lowest BCUT2D eigenvalue weighted by atomic mass is 10.1. The molecule has 0 saturated heterocycles. The topological polar surface area (TPSA) is 12.5 Å². The van der Waals surface area contributed by atoms with Crippen LogP contribution in [0.2, 0.25) is 0 Å². The van der Waals surface area contributed by atoms with E-state index < -0.39 is 0 Å². The second-order valence-electron chi connectivity index (χ2n) is 3.64. The summed E-state index contributed by atoms with van der Waals surface area (Å²) >= 11 is 4.26. The first-order valence-corrected chi connectivity index (χ1v) is 6.42. The van der Waals surface area contributed by atoms with Gasteiger partial charge >= 0.3 is 0 Å². The van der Waals surface area contributed by atoms with E-state index in [1.54, 1.807) is 7.11 Å². The summed E-state index contributed by atoms with van der Waals surface area (Å²) in [6, 6.07) is 6.42. The summed E-state index contributed by atoms with van der Waals surface area (Å²) in [5, 5.41) is 0. The zero-order valence-electron chi connectivity index (χ0n) is 10.4. The Hall–Kier alpha value is -0.830. The largest absolute Gasteiger partial charge is 0.496 e. The number of aryl methyl sites for hydroxylation is 1. The first kappa shape index (κ1) is 13.2. The Bertz CT molecular complexity index is 324. The van der Waals surface area contributed by atoms with Crippen molar-refractivity contribution in [2.24, 2.45) is 0 Å². The van der Waals surface area contributed by atoms with Crippen molar-refractivity contribution in [2.45, 2.75) is 20.3 Å². The zero-order valence-corrected chi connectivity index (χ0v) is 11.3. The number of hydrogen-bond donors (Lipinski definition) is 1. The van der Waals surface area contributed by atoms with Gasteiger partial charge in [0, 0.05) is 24.8 Å². The molecular weight excluding hydrogens is 218 g/mol. The van der Waals surface area contributed by atoms with Gasteiger partial charge in [0.1, 0.15) is 5.75 Å². The van der Waals surface area contributed by atoms with Crippen molar-refractivity contribution in [1.82, 2.24) is 0 Å². The number of rotatable bonds is 6. The number of anilines is 1. The highest BCUT2D eigenvalue weighted by Gasteiger charge is 2.07. The Morgan fingerprint density at radius 3 is 2.44 bits per heavy atom. The van der Waals surface area contributed by atoms with Crippen LogP contribution in [-0.4, -0.2) is 26.0 Å². The van der Waals surface area contributed by atoms with Gasteiger partial charge in [0.05, 0.1) is 7.11 Å². The first-order chi connectivity index (χ1) is 7.76. The van der Waals surface area contributed by atoms with Crippen LogP contribution >= 0.6 is 12.6 Å². The molecule has 0 unspecified atom stereocenters. The predicted octanol–water partition coefficient (Wildman–Crippen LogP) is 3.01.